The van der Waals surface area contributed by atoms with Crippen molar-refractivity contribution in [2.75, 3.05) is 5.32 Å². The van der Waals surface area contributed by atoms with E-state index in [0.717, 1.165) is 0 Å². The van der Waals surface area contributed by atoms with Crippen LogP contribution >= 0.6 is 23.2 Å². The predicted molar refractivity (Wildman–Crippen MR) is 76.8 cm³/mol. The fourth-order valence-electron chi connectivity index (χ4n) is 1.65. The van der Waals surface area contributed by atoms with Crippen LogP contribution in [0.5, 0.6) is 0 Å². The van der Waals surface area contributed by atoms with E-state index in [0.29, 0.717) is 0 Å². The first-order chi connectivity index (χ1) is 9.91. The lowest BCUT2D eigenvalue weighted by Crippen LogP contribution is -2.25. The van der Waals surface area contributed by atoms with Gasteiger partial charge in [-0.25, -0.2) is 14.5 Å². The maximum Gasteiger partial charge on any atom is 0.339 e. The summed E-state index contributed by atoms with van der Waals surface area (Å²) in [6.45, 7) is 1.59. The number of carbonyl (C=O) groups excluding carboxylic acids is 1. The summed E-state index contributed by atoms with van der Waals surface area (Å²) < 4.78 is 1.33. The van der Waals surface area contributed by atoms with E-state index < -0.39 is 17.9 Å². The van der Waals surface area contributed by atoms with E-state index in [-0.39, 0.29) is 21.3 Å². The Morgan fingerprint density at radius 1 is 1.33 bits per heavy atom. The van der Waals surface area contributed by atoms with Gasteiger partial charge < -0.3 is 10.4 Å². The molecule has 2 N–H and O–H groups in total. The van der Waals surface area contributed by atoms with Crippen molar-refractivity contribution in [2.45, 2.75) is 13.0 Å². The molecule has 7 nitrogen and oxygen atoms in total. The number of carbonyl (C=O) groups is 2. The zero-order valence-electron chi connectivity index (χ0n) is 10.7. The Kier molecular flexibility index (Phi) is 4.44. The van der Waals surface area contributed by atoms with Crippen LogP contribution in [0, 0.1) is 0 Å². The molecule has 0 fully saturated rings. The summed E-state index contributed by atoms with van der Waals surface area (Å²) in [6.07, 6.45) is 2.67. The highest BCUT2D eigenvalue weighted by atomic mass is 35.5. The van der Waals surface area contributed by atoms with Gasteiger partial charge in [0.1, 0.15) is 24.3 Å². The van der Waals surface area contributed by atoms with Crippen molar-refractivity contribution >= 4 is 40.8 Å². The molecule has 1 atom stereocenters. The van der Waals surface area contributed by atoms with Crippen molar-refractivity contribution in [3.63, 3.8) is 0 Å². The van der Waals surface area contributed by atoms with Crippen LogP contribution < -0.4 is 5.32 Å². The van der Waals surface area contributed by atoms with E-state index in [1.807, 2.05) is 0 Å². The van der Waals surface area contributed by atoms with E-state index in [9.17, 15) is 14.7 Å². The van der Waals surface area contributed by atoms with E-state index in [1.165, 1.54) is 29.5 Å². The summed E-state index contributed by atoms with van der Waals surface area (Å²) >= 11 is 11.8. The summed E-state index contributed by atoms with van der Waals surface area (Å²) in [6, 6.07) is 2.07. The van der Waals surface area contributed by atoms with Crippen LogP contribution in [0.4, 0.5) is 5.69 Å². The molecule has 2 rings (SSSR count). The number of halogens is 2. The standard InChI is InChI=1S/C12H10Cl2N4O3/c1-6(18-5-15-4-16-18)11(19)17-10-8(14)3-2-7(13)9(10)12(20)21/h2-6H,1H3,(H,17,19)(H,20,21). The highest BCUT2D eigenvalue weighted by Gasteiger charge is 2.22. The van der Waals surface area contributed by atoms with Crippen LogP contribution in [0.25, 0.3) is 0 Å². The molecule has 0 aliphatic carbocycles. The Hall–Kier alpha value is -2.12. The quantitative estimate of drug-likeness (QED) is 0.898. The number of amides is 1. The van der Waals surface area contributed by atoms with Crippen molar-refractivity contribution in [3.05, 3.63) is 40.4 Å². The molecule has 0 saturated carbocycles. The number of hydrogen-bond acceptors (Lipinski definition) is 4. The molecule has 1 heterocycles. The number of nitrogens with one attached hydrogen (secondary N) is 1. The maximum absolute atomic E-state index is 12.2. The third kappa shape index (κ3) is 3.14. The SMILES string of the molecule is CC(C(=O)Nc1c(Cl)ccc(Cl)c1C(=O)O)n1cncn1. The molecule has 0 bridgehead atoms. The molecule has 1 aromatic carbocycles. The van der Waals surface area contributed by atoms with Gasteiger partial charge in [0.15, 0.2) is 0 Å². The Morgan fingerprint density at radius 3 is 2.57 bits per heavy atom. The maximum atomic E-state index is 12.2. The highest BCUT2D eigenvalue weighted by molar-refractivity contribution is 6.38. The Bertz CT molecular complexity index is 688. The summed E-state index contributed by atoms with van der Waals surface area (Å²) in [5.41, 5.74) is -0.308. The highest BCUT2D eigenvalue weighted by Crippen LogP contribution is 2.32. The smallest absolute Gasteiger partial charge is 0.339 e. The third-order valence-electron chi connectivity index (χ3n) is 2.78. The molecule has 1 amide bonds. The minimum atomic E-state index is -1.29. The number of aromatic nitrogens is 3. The van der Waals surface area contributed by atoms with Gasteiger partial charge in [0, 0.05) is 0 Å². The van der Waals surface area contributed by atoms with Crippen molar-refractivity contribution in [1.29, 1.82) is 0 Å². The Labute approximate surface area is 129 Å². The molecule has 110 valence electrons. The summed E-state index contributed by atoms with van der Waals surface area (Å²) in [5.74, 6) is -1.78. The van der Waals surface area contributed by atoms with Gasteiger partial charge in [-0.1, -0.05) is 23.2 Å². The van der Waals surface area contributed by atoms with Gasteiger partial charge in [-0.2, -0.15) is 5.10 Å². The lowest BCUT2D eigenvalue weighted by Gasteiger charge is -2.15. The molecular formula is C12H10Cl2N4O3. The zero-order chi connectivity index (χ0) is 15.6. The van der Waals surface area contributed by atoms with Gasteiger partial charge in [-0.15, -0.1) is 0 Å². The molecule has 0 spiro atoms. The molecule has 0 aliphatic rings. The normalized spacial score (nSPS) is 12.0. The first-order valence-corrected chi connectivity index (χ1v) is 6.53. The molecule has 0 saturated heterocycles. The largest absolute Gasteiger partial charge is 0.478 e. The van der Waals surface area contributed by atoms with Gasteiger partial charge in [0.2, 0.25) is 5.91 Å². The number of anilines is 1. The predicted octanol–water partition coefficient (Wildman–Crippen LogP) is 2.48. The van der Waals surface area contributed by atoms with Crippen molar-refractivity contribution in [2.24, 2.45) is 0 Å². The number of nitrogens with zero attached hydrogens (tertiary/aromatic N) is 3. The van der Waals surface area contributed by atoms with Gasteiger partial charge >= 0.3 is 5.97 Å². The number of benzene rings is 1. The minimum Gasteiger partial charge on any atom is -0.478 e. The lowest BCUT2D eigenvalue weighted by atomic mass is 10.1. The summed E-state index contributed by atoms with van der Waals surface area (Å²) in [7, 11) is 0. The van der Waals surface area contributed by atoms with Gasteiger partial charge in [0.05, 0.1) is 15.7 Å². The fourth-order valence-corrected chi connectivity index (χ4v) is 2.09. The number of carboxylic acids is 1. The van der Waals surface area contributed by atoms with Crippen molar-refractivity contribution in [1.82, 2.24) is 14.8 Å². The lowest BCUT2D eigenvalue weighted by molar-refractivity contribution is -0.119. The zero-order valence-corrected chi connectivity index (χ0v) is 12.3. The van der Waals surface area contributed by atoms with Crippen LogP contribution in [0.15, 0.2) is 24.8 Å². The monoisotopic (exact) mass is 328 g/mol. The molecule has 1 aromatic heterocycles. The second-order valence-corrected chi connectivity index (χ2v) is 4.94. The molecule has 2 aromatic rings. The van der Waals surface area contributed by atoms with Crippen LogP contribution in [0.1, 0.15) is 23.3 Å². The molecule has 21 heavy (non-hydrogen) atoms. The molecule has 0 radical (unpaired) electrons. The fraction of sp³-hybridized carbons (Fsp3) is 0.167. The molecule has 9 heteroatoms. The van der Waals surface area contributed by atoms with Crippen LogP contribution in [-0.2, 0) is 4.79 Å². The number of carboxylic acid groups (broad SMARTS) is 1. The Morgan fingerprint density at radius 2 is 2.00 bits per heavy atom. The average Bonchev–Trinajstić information content (AvgIpc) is 2.95. The second-order valence-electron chi connectivity index (χ2n) is 4.13. The number of hydrogen-bond donors (Lipinski definition) is 2. The summed E-state index contributed by atoms with van der Waals surface area (Å²) in [5, 5.41) is 15.6. The Balaban J connectivity index is 2.33. The van der Waals surface area contributed by atoms with E-state index in [4.69, 9.17) is 23.2 Å². The topological polar surface area (TPSA) is 97.1 Å². The number of rotatable bonds is 4. The van der Waals surface area contributed by atoms with E-state index >= 15 is 0 Å². The van der Waals surface area contributed by atoms with Gasteiger partial charge in [-0.05, 0) is 19.1 Å². The number of aromatic carboxylic acids is 1. The van der Waals surface area contributed by atoms with Gasteiger partial charge in [0.25, 0.3) is 0 Å². The van der Waals surface area contributed by atoms with Gasteiger partial charge in [-0.3, -0.25) is 4.79 Å². The first kappa shape index (κ1) is 15.3. The molecular weight excluding hydrogens is 319 g/mol. The van der Waals surface area contributed by atoms with Crippen molar-refractivity contribution < 1.29 is 14.7 Å². The van der Waals surface area contributed by atoms with Crippen LogP contribution in [0.3, 0.4) is 0 Å². The molecule has 0 aliphatic heterocycles. The van der Waals surface area contributed by atoms with Crippen LogP contribution in [-0.4, -0.2) is 31.7 Å². The minimum absolute atomic E-state index is 0.0180. The van der Waals surface area contributed by atoms with Crippen LogP contribution in [0.2, 0.25) is 10.0 Å². The molecule has 1 unspecified atom stereocenters. The second kappa shape index (κ2) is 6.11. The van der Waals surface area contributed by atoms with E-state index in [2.05, 4.69) is 15.4 Å². The van der Waals surface area contributed by atoms with Crippen molar-refractivity contribution in [3.8, 4) is 0 Å². The van der Waals surface area contributed by atoms with E-state index in [1.54, 1.807) is 6.92 Å². The third-order valence-corrected chi connectivity index (χ3v) is 3.41. The average molecular weight is 329 g/mol. The summed E-state index contributed by atoms with van der Waals surface area (Å²) in [4.78, 5) is 27.1. The first-order valence-electron chi connectivity index (χ1n) is 5.78.